The monoisotopic (exact) mass is 478 g/mol. The van der Waals surface area contributed by atoms with Gasteiger partial charge < -0.3 is 19.9 Å². The number of unbranched alkanes of at least 4 members (excludes halogenated alkanes) is 1. The van der Waals surface area contributed by atoms with Gasteiger partial charge in [-0.2, -0.15) is 0 Å². The molecule has 3 N–H and O–H groups in total. The Labute approximate surface area is 194 Å². The lowest BCUT2D eigenvalue weighted by Crippen LogP contribution is -2.12. The van der Waals surface area contributed by atoms with E-state index in [1.54, 1.807) is 0 Å². The molecular formula is C23H35N4O5P. The molecule has 0 aliphatic heterocycles. The minimum absolute atomic E-state index is 0.00713. The number of aryl methyl sites for hydroxylation is 1. The molecule has 0 aliphatic carbocycles. The molecule has 1 aromatic carbocycles. The average molecular weight is 479 g/mol. The molecule has 0 radical (unpaired) electrons. The molecule has 10 heteroatoms. The number of anilines is 1. The lowest BCUT2D eigenvalue weighted by atomic mass is 10.1. The van der Waals surface area contributed by atoms with Crippen LogP contribution < -0.4 is 5.73 Å². The second-order valence-corrected chi connectivity index (χ2v) is 9.67. The maximum Gasteiger partial charge on any atom is 0.472 e. The molecule has 0 fully saturated rings. The number of imidazole rings is 1. The third-order valence-electron chi connectivity index (χ3n) is 5.59. The van der Waals surface area contributed by atoms with Gasteiger partial charge in [-0.3, -0.25) is 9.05 Å². The molecule has 2 atom stereocenters. The summed E-state index contributed by atoms with van der Waals surface area (Å²) in [6.07, 6.45) is 3.77. The van der Waals surface area contributed by atoms with Crippen molar-refractivity contribution in [2.24, 2.45) is 5.92 Å². The largest absolute Gasteiger partial charge is 0.472 e. The molecule has 1 unspecified atom stereocenters. The van der Waals surface area contributed by atoms with Gasteiger partial charge >= 0.3 is 7.82 Å². The summed E-state index contributed by atoms with van der Waals surface area (Å²) < 4.78 is 30.0. The zero-order valence-corrected chi connectivity index (χ0v) is 20.6. The highest BCUT2D eigenvalue weighted by Crippen LogP contribution is 2.43. The maximum absolute atomic E-state index is 12.3. The standard InChI is InChI=1S/C23H35N4O5P/c1-4-6-11-20-26-21-22(18-9-7-8-10-19(18)25-23(21)24)27(20)12-13-31-33(28,29)32-15-14-30-16-17(3)5-2/h7-10,17H,4-6,11-16H2,1-3H3,(H2,24,25)(H,28,29)/t17-/m1/s1. The van der Waals surface area contributed by atoms with Crippen LogP contribution in [0.1, 0.15) is 45.9 Å². The predicted octanol–water partition coefficient (Wildman–Crippen LogP) is 4.71. The third kappa shape index (κ3) is 6.74. The number of hydrogen-bond acceptors (Lipinski definition) is 7. The van der Waals surface area contributed by atoms with Crippen molar-refractivity contribution in [3.63, 3.8) is 0 Å². The number of nitrogen functional groups attached to an aromatic ring is 1. The van der Waals surface area contributed by atoms with Crippen LogP contribution >= 0.6 is 7.82 Å². The predicted molar refractivity (Wildman–Crippen MR) is 130 cm³/mol. The number of phosphoric acid groups is 1. The molecule has 0 amide bonds. The van der Waals surface area contributed by atoms with Crippen LogP contribution in [0.5, 0.6) is 0 Å². The Morgan fingerprint density at radius 1 is 1.15 bits per heavy atom. The Bertz CT molecular complexity index is 1100. The molecule has 9 nitrogen and oxygen atoms in total. The lowest BCUT2D eigenvalue weighted by molar-refractivity contribution is 0.0602. The molecule has 182 valence electrons. The van der Waals surface area contributed by atoms with E-state index in [0.29, 0.717) is 30.4 Å². The van der Waals surface area contributed by atoms with Crippen LogP contribution in [-0.4, -0.2) is 45.9 Å². The van der Waals surface area contributed by atoms with Gasteiger partial charge in [0, 0.05) is 25.0 Å². The normalized spacial score (nSPS) is 14.7. The first-order valence-corrected chi connectivity index (χ1v) is 13.1. The average Bonchev–Trinajstić information content (AvgIpc) is 3.16. The van der Waals surface area contributed by atoms with E-state index in [1.807, 2.05) is 28.8 Å². The van der Waals surface area contributed by atoms with Crippen molar-refractivity contribution in [3.05, 3.63) is 30.1 Å². The molecular weight excluding hydrogens is 443 g/mol. The summed E-state index contributed by atoms with van der Waals surface area (Å²) in [7, 11) is -4.19. The molecule has 0 spiro atoms. The van der Waals surface area contributed by atoms with Crippen molar-refractivity contribution in [1.82, 2.24) is 14.5 Å². The van der Waals surface area contributed by atoms with Crippen molar-refractivity contribution in [2.45, 2.75) is 53.0 Å². The molecule has 0 saturated heterocycles. The van der Waals surface area contributed by atoms with Gasteiger partial charge in [0.1, 0.15) is 11.3 Å². The van der Waals surface area contributed by atoms with Gasteiger partial charge in [0.2, 0.25) is 0 Å². The summed E-state index contributed by atoms with van der Waals surface area (Å²) >= 11 is 0. The van der Waals surface area contributed by atoms with Gasteiger partial charge in [-0.15, -0.1) is 0 Å². The fourth-order valence-electron chi connectivity index (χ4n) is 3.57. The maximum atomic E-state index is 12.3. The number of aromatic nitrogens is 3. The van der Waals surface area contributed by atoms with Crippen molar-refractivity contribution in [1.29, 1.82) is 0 Å². The van der Waals surface area contributed by atoms with Crippen LogP contribution in [0.4, 0.5) is 5.82 Å². The van der Waals surface area contributed by atoms with Gasteiger partial charge in [0.25, 0.3) is 0 Å². The first kappa shape index (κ1) is 25.6. The van der Waals surface area contributed by atoms with Crippen molar-refractivity contribution >= 4 is 35.6 Å². The molecule has 3 aromatic rings. The summed E-state index contributed by atoms with van der Waals surface area (Å²) in [4.78, 5) is 19.3. The quantitative estimate of drug-likeness (QED) is 0.252. The van der Waals surface area contributed by atoms with Crippen LogP contribution in [-0.2, 0) is 31.3 Å². The Balaban J connectivity index is 1.70. The van der Waals surface area contributed by atoms with Crippen molar-refractivity contribution in [3.8, 4) is 0 Å². The van der Waals surface area contributed by atoms with Crippen LogP contribution in [0.3, 0.4) is 0 Å². The van der Waals surface area contributed by atoms with E-state index in [9.17, 15) is 9.46 Å². The van der Waals surface area contributed by atoms with Gasteiger partial charge in [-0.25, -0.2) is 14.5 Å². The van der Waals surface area contributed by atoms with Gasteiger partial charge in [-0.1, -0.05) is 51.8 Å². The Morgan fingerprint density at radius 2 is 1.91 bits per heavy atom. The second-order valence-electron chi connectivity index (χ2n) is 8.22. The summed E-state index contributed by atoms with van der Waals surface area (Å²) in [6.45, 7) is 7.44. The van der Waals surface area contributed by atoms with Gasteiger partial charge in [0.05, 0.1) is 30.9 Å². The summed E-state index contributed by atoms with van der Waals surface area (Å²) in [6, 6.07) is 7.74. The summed E-state index contributed by atoms with van der Waals surface area (Å²) in [5, 5.41) is 0.929. The van der Waals surface area contributed by atoms with E-state index in [1.165, 1.54) is 0 Å². The number of benzene rings is 1. The number of hydrogen-bond donors (Lipinski definition) is 2. The van der Waals surface area contributed by atoms with Crippen LogP contribution in [0.15, 0.2) is 24.3 Å². The minimum atomic E-state index is -4.19. The zero-order chi connectivity index (χ0) is 23.8. The van der Waals surface area contributed by atoms with Crippen LogP contribution in [0.2, 0.25) is 0 Å². The highest BCUT2D eigenvalue weighted by molar-refractivity contribution is 7.47. The number of nitrogens with two attached hydrogens (primary N) is 1. The highest BCUT2D eigenvalue weighted by Gasteiger charge is 2.22. The smallest absolute Gasteiger partial charge is 0.382 e. The van der Waals surface area contributed by atoms with E-state index in [2.05, 4.69) is 25.8 Å². The zero-order valence-electron chi connectivity index (χ0n) is 19.7. The fourth-order valence-corrected chi connectivity index (χ4v) is 4.26. The van der Waals surface area contributed by atoms with Crippen LogP contribution in [0, 0.1) is 5.92 Å². The highest BCUT2D eigenvalue weighted by atomic mass is 31.2. The van der Waals surface area contributed by atoms with E-state index >= 15 is 0 Å². The van der Waals surface area contributed by atoms with Crippen molar-refractivity contribution in [2.75, 3.05) is 32.2 Å². The molecule has 0 aliphatic rings. The van der Waals surface area contributed by atoms with E-state index in [-0.39, 0.29) is 19.8 Å². The van der Waals surface area contributed by atoms with Gasteiger partial charge in [0.15, 0.2) is 5.82 Å². The summed E-state index contributed by atoms with van der Waals surface area (Å²) in [5.41, 5.74) is 8.48. The summed E-state index contributed by atoms with van der Waals surface area (Å²) in [5.74, 6) is 1.66. The molecule has 2 aromatic heterocycles. The van der Waals surface area contributed by atoms with E-state index in [4.69, 9.17) is 24.5 Å². The first-order valence-electron chi connectivity index (χ1n) is 11.6. The van der Waals surface area contributed by atoms with E-state index in [0.717, 1.165) is 47.9 Å². The molecule has 3 rings (SSSR count). The van der Waals surface area contributed by atoms with Crippen LogP contribution in [0.25, 0.3) is 21.9 Å². The Morgan fingerprint density at radius 3 is 2.67 bits per heavy atom. The molecule has 0 bridgehead atoms. The number of para-hydroxylation sites is 1. The first-order chi connectivity index (χ1) is 15.9. The molecule has 33 heavy (non-hydrogen) atoms. The molecule has 0 saturated carbocycles. The van der Waals surface area contributed by atoms with E-state index < -0.39 is 7.82 Å². The Hall–Kier alpha value is -2.03. The number of nitrogens with zero attached hydrogens (tertiary/aromatic N) is 3. The Kier molecular flexibility index (Phi) is 9.23. The number of fused-ring (bicyclic) bond motifs is 3. The number of ether oxygens (including phenoxy) is 1. The lowest BCUT2D eigenvalue weighted by Gasteiger charge is -2.15. The second kappa shape index (κ2) is 11.9. The molecule has 2 heterocycles. The number of pyridine rings is 1. The third-order valence-corrected chi connectivity index (χ3v) is 6.61. The SMILES string of the molecule is CCCCc1nc2c(N)nc3ccccc3c2n1CCOP(=O)(O)OCCOC[C@H](C)CC. The fraction of sp³-hybridized carbons (Fsp3) is 0.565. The topological polar surface area (TPSA) is 122 Å². The number of rotatable bonds is 14. The van der Waals surface area contributed by atoms with Gasteiger partial charge in [-0.05, 0) is 18.4 Å². The minimum Gasteiger partial charge on any atom is -0.382 e. The number of phosphoric ester groups is 1. The van der Waals surface area contributed by atoms with Crippen molar-refractivity contribution < 1.29 is 23.2 Å².